The van der Waals surface area contributed by atoms with Crippen molar-refractivity contribution in [3.63, 3.8) is 0 Å². The Kier molecular flexibility index (Phi) is 13.4. The molecule has 0 radical (unpaired) electrons. The maximum absolute atomic E-state index is 10.8. The fourth-order valence-corrected chi connectivity index (χ4v) is 5.43. The van der Waals surface area contributed by atoms with Gasteiger partial charge < -0.3 is 99.9 Å². The standard InChI is InChI=1S/C24H42O22/c25-1-5-9(29)10(30)15(35)22(40-5)43-18-6(2-26)41-23(16(36)12(18)32)44-19-7(3-27)42-24(17(37)13(19)33)46-45-20-8(4-28)39-21(38)14(34)11(20)31/h5-38H,1-4H2/t5-,6-,7-,8-,9-,10+,11-,12-,13-,14-,15-,16-,17-,18-,19-,20-,21-,22+,23+,24+/m1/s1. The maximum atomic E-state index is 10.8. The molecule has 0 aromatic carbocycles. The van der Waals surface area contributed by atoms with Crippen molar-refractivity contribution in [3.05, 3.63) is 0 Å². The minimum atomic E-state index is -2.03. The number of aliphatic hydroxyl groups is 14. The molecule has 0 aromatic rings. The Morgan fingerprint density at radius 3 is 1.24 bits per heavy atom. The lowest BCUT2D eigenvalue weighted by atomic mass is 9.96. The second kappa shape index (κ2) is 16.2. The van der Waals surface area contributed by atoms with E-state index in [2.05, 4.69) is 0 Å². The van der Waals surface area contributed by atoms with Crippen molar-refractivity contribution in [2.24, 2.45) is 0 Å². The minimum absolute atomic E-state index is 0.786. The number of ether oxygens (including phenoxy) is 6. The molecule has 0 unspecified atom stereocenters. The second-order valence-electron chi connectivity index (χ2n) is 11.2. The normalized spacial score (nSPS) is 52.0. The molecule has 4 heterocycles. The van der Waals surface area contributed by atoms with Gasteiger partial charge in [0.25, 0.3) is 0 Å². The van der Waals surface area contributed by atoms with Crippen molar-refractivity contribution in [1.82, 2.24) is 0 Å². The van der Waals surface area contributed by atoms with Crippen LogP contribution in [0.3, 0.4) is 0 Å². The Balaban J connectivity index is 1.40. The van der Waals surface area contributed by atoms with Crippen molar-refractivity contribution in [2.75, 3.05) is 26.4 Å². The highest BCUT2D eigenvalue weighted by molar-refractivity contribution is 4.96. The topological polar surface area (TPSA) is 357 Å². The smallest absolute Gasteiger partial charge is 0.220 e. The van der Waals surface area contributed by atoms with E-state index < -0.39 is 149 Å². The first-order chi connectivity index (χ1) is 21.8. The molecule has 0 bridgehead atoms. The molecule has 0 spiro atoms. The molecule has 4 fully saturated rings. The molecule has 46 heavy (non-hydrogen) atoms. The average Bonchev–Trinajstić information content (AvgIpc) is 3.05. The summed E-state index contributed by atoms with van der Waals surface area (Å²) in [5.74, 6) is 0. The third-order valence-corrected chi connectivity index (χ3v) is 8.17. The molecular formula is C24H42O22. The predicted molar refractivity (Wildman–Crippen MR) is 135 cm³/mol. The number of hydrogen-bond donors (Lipinski definition) is 14. The van der Waals surface area contributed by atoms with Crippen LogP contribution in [-0.2, 0) is 38.2 Å². The van der Waals surface area contributed by atoms with Crippen LogP contribution in [0, 0.1) is 0 Å². The molecule has 0 aromatic heterocycles. The van der Waals surface area contributed by atoms with Crippen molar-refractivity contribution < 1.29 is 110 Å². The molecule has 4 aliphatic heterocycles. The summed E-state index contributed by atoms with van der Waals surface area (Å²) in [6.07, 6.45) is -35.5. The minimum Gasteiger partial charge on any atom is -0.394 e. The molecule has 0 amide bonds. The summed E-state index contributed by atoms with van der Waals surface area (Å²) in [5.41, 5.74) is 0. The molecule has 22 nitrogen and oxygen atoms in total. The molecular weight excluding hydrogens is 640 g/mol. The summed E-state index contributed by atoms with van der Waals surface area (Å²) in [7, 11) is 0. The zero-order valence-corrected chi connectivity index (χ0v) is 23.9. The third-order valence-electron chi connectivity index (χ3n) is 8.17. The van der Waals surface area contributed by atoms with Gasteiger partial charge in [0.05, 0.1) is 26.4 Å². The Bertz CT molecular complexity index is 926. The van der Waals surface area contributed by atoms with Gasteiger partial charge in [-0.3, -0.25) is 0 Å². The first-order valence-corrected chi connectivity index (χ1v) is 14.3. The first-order valence-electron chi connectivity index (χ1n) is 14.3. The molecule has 20 atom stereocenters. The highest BCUT2D eigenvalue weighted by Gasteiger charge is 2.54. The van der Waals surface area contributed by atoms with E-state index >= 15 is 0 Å². The van der Waals surface area contributed by atoms with E-state index in [4.69, 9.17) is 38.2 Å². The van der Waals surface area contributed by atoms with Gasteiger partial charge in [0.1, 0.15) is 97.7 Å². The largest absolute Gasteiger partial charge is 0.394 e. The molecule has 22 heteroatoms. The Morgan fingerprint density at radius 2 is 0.739 bits per heavy atom. The van der Waals surface area contributed by atoms with Gasteiger partial charge in [-0.1, -0.05) is 0 Å². The molecule has 270 valence electrons. The predicted octanol–water partition coefficient (Wildman–Crippen LogP) is -9.82. The van der Waals surface area contributed by atoms with Crippen LogP contribution in [0.1, 0.15) is 0 Å². The van der Waals surface area contributed by atoms with Crippen LogP contribution in [0.4, 0.5) is 0 Å². The van der Waals surface area contributed by atoms with Crippen LogP contribution in [-0.4, -0.2) is 221 Å². The third kappa shape index (κ3) is 7.63. The van der Waals surface area contributed by atoms with E-state index in [1.807, 2.05) is 0 Å². The van der Waals surface area contributed by atoms with E-state index in [1.54, 1.807) is 0 Å². The van der Waals surface area contributed by atoms with Gasteiger partial charge in [-0.2, -0.15) is 0 Å². The van der Waals surface area contributed by atoms with Crippen LogP contribution in [0.25, 0.3) is 0 Å². The highest BCUT2D eigenvalue weighted by Crippen LogP contribution is 2.33. The molecule has 4 aliphatic rings. The zero-order chi connectivity index (χ0) is 34.0. The average molecular weight is 683 g/mol. The van der Waals surface area contributed by atoms with Gasteiger partial charge >= 0.3 is 0 Å². The van der Waals surface area contributed by atoms with Gasteiger partial charge in [-0.25, -0.2) is 9.78 Å². The van der Waals surface area contributed by atoms with Crippen molar-refractivity contribution in [3.8, 4) is 0 Å². The summed E-state index contributed by atoms with van der Waals surface area (Å²) in [5, 5.41) is 142. The fraction of sp³-hybridized carbons (Fsp3) is 1.00. The summed E-state index contributed by atoms with van der Waals surface area (Å²) >= 11 is 0. The number of hydrogen-bond acceptors (Lipinski definition) is 22. The monoisotopic (exact) mass is 682 g/mol. The summed E-state index contributed by atoms with van der Waals surface area (Å²) in [4.78, 5) is 9.95. The molecule has 14 N–H and O–H groups in total. The van der Waals surface area contributed by atoms with Crippen LogP contribution >= 0.6 is 0 Å². The summed E-state index contributed by atoms with van der Waals surface area (Å²) in [6, 6.07) is 0. The number of rotatable bonds is 11. The van der Waals surface area contributed by atoms with E-state index in [-0.39, 0.29) is 0 Å². The SMILES string of the molecule is OC[C@H]1O[C@@H](O[C@H]2[C@H](O)[C@@H](O)[C@H](O[C@H]3[C@H](O)[C@@H](O)[C@H](OO[C@H]4[C@H](O)[C@@H](O)[C@H](O)O[C@@H]4CO)O[C@@H]3CO)O[C@@H]2CO)[C@H](O)[C@@H](O)[C@@H]1O. The number of aliphatic hydroxyl groups excluding tert-OH is 14. The van der Waals surface area contributed by atoms with Gasteiger partial charge in [0.2, 0.25) is 6.29 Å². The van der Waals surface area contributed by atoms with Crippen molar-refractivity contribution in [2.45, 2.75) is 123 Å². The lowest BCUT2D eigenvalue weighted by molar-refractivity contribution is -0.468. The molecule has 0 saturated carbocycles. The molecule has 0 aliphatic carbocycles. The fourth-order valence-electron chi connectivity index (χ4n) is 5.43. The summed E-state index contributed by atoms with van der Waals surface area (Å²) in [6.45, 7) is -3.40. The van der Waals surface area contributed by atoms with Gasteiger partial charge in [-0.05, 0) is 0 Å². The Morgan fingerprint density at radius 1 is 0.348 bits per heavy atom. The molecule has 4 rings (SSSR count). The van der Waals surface area contributed by atoms with Crippen LogP contribution in [0.2, 0.25) is 0 Å². The Labute approximate surface area is 259 Å². The van der Waals surface area contributed by atoms with E-state index in [1.165, 1.54) is 0 Å². The van der Waals surface area contributed by atoms with Crippen molar-refractivity contribution >= 4 is 0 Å². The van der Waals surface area contributed by atoms with E-state index in [9.17, 15) is 71.5 Å². The van der Waals surface area contributed by atoms with Gasteiger partial charge in [0, 0.05) is 0 Å². The quantitative estimate of drug-likeness (QED) is 0.0710. The summed E-state index contributed by atoms with van der Waals surface area (Å²) < 4.78 is 32.0. The van der Waals surface area contributed by atoms with Gasteiger partial charge in [-0.15, -0.1) is 0 Å². The first kappa shape index (κ1) is 37.9. The molecule has 4 saturated heterocycles. The van der Waals surface area contributed by atoms with E-state index in [0.717, 1.165) is 0 Å². The maximum Gasteiger partial charge on any atom is 0.220 e. The van der Waals surface area contributed by atoms with Crippen molar-refractivity contribution in [1.29, 1.82) is 0 Å². The zero-order valence-electron chi connectivity index (χ0n) is 23.9. The second-order valence-corrected chi connectivity index (χ2v) is 11.2. The van der Waals surface area contributed by atoms with Gasteiger partial charge in [0.15, 0.2) is 18.9 Å². The van der Waals surface area contributed by atoms with E-state index in [0.29, 0.717) is 0 Å². The lowest BCUT2D eigenvalue weighted by Crippen LogP contribution is -2.66. The van der Waals surface area contributed by atoms with Crippen LogP contribution in [0.5, 0.6) is 0 Å². The van der Waals surface area contributed by atoms with Crippen LogP contribution in [0.15, 0.2) is 0 Å². The highest BCUT2D eigenvalue weighted by atomic mass is 17.2. The van der Waals surface area contributed by atoms with Crippen LogP contribution < -0.4 is 0 Å². The lowest BCUT2D eigenvalue weighted by Gasteiger charge is -2.48. The Hall–Kier alpha value is -0.880.